The second-order valence-corrected chi connectivity index (χ2v) is 13.5. The lowest BCUT2D eigenvalue weighted by Crippen LogP contribution is -2.59. The summed E-state index contributed by atoms with van der Waals surface area (Å²) < 4.78 is 3.66. The number of rotatable bonds is 7. The minimum Gasteiger partial charge on any atom is -0.383 e. The summed E-state index contributed by atoms with van der Waals surface area (Å²) >= 11 is 0. The molecule has 0 radical (unpaired) electrons. The van der Waals surface area contributed by atoms with Crippen LogP contribution in [0.25, 0.3) is 21.8 Å². The van der Waals surface area contributed by atoms with Gasteiger partial charge in [0.05, 0.1) is 45.6 Å². The molecular formula is C34H33N9O. The van der Waals surface area contributed by atoms with Crippen molar-refractivity contribution in [2.75, 3.05) is 17.2 Å². The maximum atomic E-state index is 12.5. The average molecular weight is 584 g/mol. The molecule has 10 heteroatoms. The second-order valence-electron chi connectivity index (χ2n) is 13.5. The topological polar surface area (TPSA) is 137 Å². The van der Waals surface area contributed by atoms with Crippen molar-refractivity contribution >= 4 is 33.2 Å². The highest BCUT2D eigenvalue weighted by atomic mass is 16.1. The first-order chi connectivity index (χ1) is 21.1. The van der Waals surface area contributed by atoms with E-state index >= 15 is 0 Å². The second kappa shape index (κ2) is 9.92. The fourth-order valence-corrected chi connectivity index (χ4v) is 6.61. The van der Waals surface area contributed by atoms with Gasteiger partial charge in [0, 0.05) is 42.3 Å². The smallest absolute Gasteiger partial charge is 0.250 e. The number of pyridine rings is 2. The largest absolute Gasteiger partial charge is 0.383 e. The Kier molecular flexibility index (Phi) is 6.22. The molecule has 5 aromatic rings. The Morgan fingerprint density at radius 2 is 1.84 bits per heavy atom. The van der Waals surface area contributed by atoms with E-state index in [0.29, 0.717) is 39.9 Å². The molecule has 1 unspecified atom stereocenters. The molecule has 3 aliphatic carbocycles. The first-order valence-corrected chi connectivity index (χ1v) is 14.9. The molecule has 1 atom stereocenters. The molecular weight excluding hydrogens is 550 g/mol. The van der Waals surface area contributed by atoms with Gasteiger partial charge >= 0.3 is 0 Å². The van der Waals surface area contributed by atoms with Gasteiger partial charge in [0.2, 0.25) is 0 Å². The van der Waals surface area contributed by atoms with Gasteiger partial charge in [-0.3, -0.25) is 9.78 Å². The Hall–Kier alpha value is -5.22. The molecule has 2 bridgehead atoms. The van der Waals surface area contributed by atoms with Gasteiger partial charge in [-0.1, -0.05) is 38.1 Å². The van der Waals surface area contributed by atoms with E-state index in [1.807, 2.05) is 41.2 Å². The lowest BCUT2D eigenvalue weighted by molar-refractivity contribution is -0.0989. The highest BCUT2D eigenvalue weighted by Crippen LogP contribution is 2.62. The van der Waals surface area contributed by atoms with Crippen LogP contribution in [-0.2, 0) is 12.6 Å². The standard InChI is InChI=1S/C34H33N9O/c1-33(2,3)19-38-31-22(16-36)17-37-30-21(15-35)10-23(11-26(30)31)39-32(27-18-43(41-40-27)34-12-20(13-34)14-34)25-6-5-7-28-24(25)8-9-29(44)42(28)4/h5-11,17-18,20,32,39H,12-14,19H2,1-4H3,(H,37,38). The van der Waals surface area contributed by atoms with Crippen LogP contribution in [0, 0.1) is 34.0 Å². The van der Waals surface area contributed by atoms with Crippen molar-refractivity contribution in [1.29, 1.82) is 10.5 Å². The number of nitrogens with zero attached hydrogens (tertiary/aromatic N) is 7. The number of aromatic nitrogens is 5. The Bertz CT molecular complexity index is 2090. The number of nitriles is 2. The fraction of sp³-hybridized carbons (Fsp3) is 0.353. The lowest BCUT2D eigenvalue weighted by Gasteiger charge is -2.61. The van der Waals surface area contributed by atoms with Crippen molar-refractivity contribution in [3.63, 3.8) is 0 Å². The fourth-order valence-electron chi connectivity index (χ4n) is 6.61. The number of fused-ring (bicyclic) bond motifs is 2. The summed E-state index contributed by atoms with van der Waals surface area (Å²) in [7, 11) is 1.77. The minimum absolute atomic E-state index is 0.0397. The normalized spacial score (nSPS) is 19.5. The summed E-state index contributed by atoms with van der Waals surface area (Å²) in [6.45, 7) is 6.98. The van der Waals surface area contributed by atoms with Crippen LogP contribution >= 0.6 is 0 Å². The Morgan fingerprint density at radius 1 is 1.07 bits per heavy atom. The molecule has 0 saturated heterocycles. The van der Waals surface area contributed by atoms with E-state index in [4.69, 9.17) is 0 Å². The van der Waals surface area contributed by atoms with Crippen LogP contribution in [0.2, 0.25) is 0 Å². The summed E-state index contributed by atoms with van der Waals surface area (Å²) in [6.07, 6.45) is 6.97. The van der Waals surface area contributed by atoms with Gasteiger partial charge in [0.15, 0.2) is 0 Å². The Balaban J connectivity index is 1.39. The first-order valence-electron chi connectivity index (χ1n) is 14.9. The van der Waals surface area contributed by atoms with E-state index in [0.717, 1.165) is 47.3 Å². The van der Waals surface area contributed by atoms with Gasteiger partial charge in [0.1, 0.15) is 17.8 Å². The van der Waals surface area contributed by atoms with Crippen molar-refractivity contribution < 1.29 is 0 Å². The molecule has 10 nitrogen and oxygen atoms in total. The third kappa shape index (κ3) is 4.46. The van der Waals surface area contributed by atoms with Crippen LogP contribution in [0.1, 0.15) is 68.5 Å². The van der Waals surface area contributed by atoms with Gasteiger partial charge in [0.25, 0.3) is 5.56 Å². The molecule has 0 aliphatic heterocycles. The zero-order chi connectivity index (χ0) is 30.8. The average Bonchev–Trinajstić information content (AvgIpc) is 3.43. The Labute approximate surface area is 254 Å². The van der Waals surface area contributed by atoms with Crippen molar-refractivity contribution in [3.05, 3.63) is 87.6 Å². The zero-order valence-corrected chi connectivity index (χ0v) is 25.2. The molecule has 3 aliphatic rings. The van der Waals surface area contributed by atoms with E-state index in [1.165, 1.54) is 6.20 Å². The maximum Gasteiger partial charge on any atom is 0.250 e. The number of hydrogen-bond acceptors (Lipinski definition) is 8. The van der Waals surface area contributed by atoms with E-state index in [9.17, 15) is 15.3 Å². The SMILES string of the molecule is Cn1c(=O)ccc2c(C(Nc3cc(C#N)c4ncc(C#N)c(NCC(C)(C)C)c4c3)c3cn(C45CC(C4)C5)nn3)cccc21. The third-order valence-corrected chi connectivity index (χ3v) is 9.13. The Morgan fingerprint density at radius 3 is 2.52 bits per heavy atom. The lowest BCUT2D eigenvalue weighted by atomic mass is 9.50. The molecule has 0 spiro atoms. The summed E-state index contributed by atoms with van der Waals surface area (Å²) in [5, 5.41) is 38.1. The van der Waals surface area contributed by atoms with Crippen LogP contribution < -0.4 is 16.2 Å². The van der Waals surface area contributed by atoms with E-state index in [-0.39, 0.29) is 16.5 Å². The molecule has 44 heavy (non-hydrogen) atoms. The number of benzene rings is 2. The van der Waals surface area contributed by atoms with Gasteiger partial charge in [-0.05, 0) is 60.4 Å². The van der Waals surface area contributed by atoms with Gasteiger partial charge in [-0.25, -0.2) is 4.68 Å². The van der Waals surface area contributed by atoms with E-state index in [2.05, 4.69) is 58.8 Å². The quantitative estimate of drug-likeness (QED) is 0.253. The maximum absolute atomic E-state index is 12.5. The molecule has 2 aromatic carbocycles. The number of nitrogens with one attached hydrogen (secondary N) is 2. The highest BCUT2D eigenvalue weighted by molar-refractivity contribution is 5.99. The molecule has 3 fully saturated rings. The van der Waals surface area contributed by atoms with E-state index in [1.54, 1.807) is 23.7 Å². The van der Waals surface area contributed by atoms with Gasteiger partial charge in [-0.15, -0.1) is 5.10 Å². The molecule has 3 aromatic heterocycles. The molecule has 0 amide bonds. The number of hydrogen-bond donors (Lipinski definition) is 2. The van der Waals surface area contributed by atoms with E-state index < -0.39 is 6.04 Å². The van der Waals surface area contributed by atoms with Crippen molar-refractivity contribution in [1.82, 2.24) is 24.5 Å². The van der Waals surface area contributed by atoms with Crippen molar-refractivity contribution in [2.45, 2.75) is 51.6 Å². The molecule has 3 heterocycles. The molecule has 220 valence electrons. The van der Waals surface area contributed by atoms with Crippen molar-refractivity contribution in [2.24, 2.45) is 18.4 Å². The summed E-state index contributed by atoms with van der Waals surface area (Å²) in [6, 6.07) is 17.2. The van der Waals surface area contributed by atoms with Gasteiger partial charge < -0.3 is 15.2 Å². The number of aryl methyl sites for hydroxylation is 1. The minimum atomic E-state index is -0.445. The summed E-state index contributed by atoms with van der Waals surface area (Å²) in [4.78, 5) is 17.0. The monoisotopic (exact) mass is 583 g/mol. The molecule has 8 rings (SSSR count). The first kappa shape index (κ1) is 27.6. The third-order valence-electron chi connectivity index (χ3n) is 9.13. The molecule has 2 N–H and O–H groups in total. The summed E-state index contributed by atoms with van der Waals surface area (Å²) in [5.41, 5.74) is 5.09. The predicted molar refractivity (Wildman–Crippen MR) is 169 cm³/mol. The van der Waals surface area contributed by atoms with Crippen LogP contribution in [0.5, 0.6) is 0 Å². The van der Waals surface area contributed by atoms with Crippen LogP contribution in [0.3, 0.4) is 0 Å². The van der Waals surface area contributed by atoms with Crippen LogP contribution in [0.4, 0.5) is 11.4 Å². The van der Waals surface area contributed by atoms with Crippen LogP contribution in [-0.4, -0.2) is 31.1 Å². The van der Waals surface area contributed by atoms with Crippen LogP contribution in [0.15, 0.2) is 59.7 Å². The van der Waals surface area contributed by atoms with Gasteiger partial charge in [-0.2, -0.15) is 10.5 Å². The molecule has 3 saturated carbocycles. The van der Waals surface area contributed by atoms with Crippen molar-refractivity contribution in [3.8, 4) is 12.1 Å². The summed E-state index contributed by atoms with van der Waals surface area (Å²) in [5.74, 6) is 0.797. The highest BCUT2D eigenvalue weighted by Gasteiger charge is 2.59. The predicted octanol–water partition coefficient (Wildman–Crippen LogP) is 5.59. The zero-order valence-electron chi connectivity index (χ0n) is 25.2. The number of anilines is 2.